The van der Waals surface area contributed by atoms with E-state index in [-0.39, 0.29) is 5.92 Å². The van der Waals surface area contributed by atoms with Crippen molar-refractivity contribution in [3.8, 4) is 0 Å². The minimum Gasteiger partial charge on any atom is -0.368 e. The highest BCUT2D eigenvalue weighted by Gasteiger charge is 2.25. The lowest BCUT2D eigenvalue weighted by atomic mass is 10.1. The maximum absolute atomic E-state index is 11.3. The molecule has 0 radical (unpaired) electrons. The lowest BCUT2D eigenvalue weighted by molar-refractivity contribution is -0.121. The first-order valence-corrected chi connectivity index (χ1v) is 5.70. The van der Waals surface area contributed by atoms with Crippen LogP contribution in [0.3, 0.4) is 0 Å². The van der Waals surface area contributed by atoms with Gasteiger partial charge < -0.3 is 16.5 Å². The molecule has 0 spiro atoms. The number of rotatable bonds is 5. The van der Waals surface area contributed by atoms with E-state index in [4.69, 9.17) is 11.6 Å². The molecule has 0 saturated heterocycles. The van der Waals surface area contributed by atoms with Gasteiger partial charge in [0.1, 0.15) is 23.0 Å². The number of hydrogen-bond acceptors (Lipinski definition) is 6. The predicted molar refractivity (Wildman–Crippen MR) is 70.8 cm³/mol. The van der Waals surface area contributed by atoms with E-state index >= 15 is 0 Å². The molecule has 100 valence electrons. The smallest absolute Gasteiger partial charge is 0.242 e. The Kier molecular flexibility index (Phi) is 4.07. The van der Waals surface area contributed by atoms with Gasteiger partial charge in [0, 0.05) is 12.0 Å². The van der Waals surface area contributed by atoms with Crippen molar-refractivity contribution in [2.75, 3.05) is 10.7 Å². The van der Waals surface area contributed by atoms with E-state index in [1.54, 1.807) is 19.9 Å². The standard InChI is InChI=1S/C11H20N6O/c1-6(2)9-14-7(5-8(15-9)17-13)16-11(3,4)10(12)18/h5-6H,13H2,1-4H3,(H2,12,18)(H2,14,15,16,17). The molecular weight excluding hydrogens is 232 g/mol. The molecular formula is C11H20N6O. The Hall–Kier alpha value is -1.89. The second-order valence-electron chi connectivity index (χ2n) is 4.91. The quantitative estimate of drug-likeness (QED) is 0.449. The third-order valence-electron chi connectivity index (χ3n) is 2.46. The molecule has 6 N–H and O–H groups in total. The number of carbonyl (C=O) groups excluding carboxylic acids is 1. The van der Waals surface area contributed by atoms with Crippen LogP contribution in [-0.2, 0) is 4.79 Å². The van der Waals surface area contributed by atoms with Gasteiger partial charge in [-0.05, 0) is 13.8 Å². The zero-order valence-electron chi connectivity index (χ0n) is 11.1. The summed E-state index contributed by atoms with van der Waals surface area (Å²) in [6.45, 7) is 7.31. The molecule has 7 heteroatoms. The molecule has 0 aliphatic heterocycles. The maximum Gasteiger partial charge on any atom is 0.242 e. The van der Waals surface area contributed by atoms with Crippen LogP contribution in [0.5, 0.6) is 0 Å². The van der Waals surface area contributed by atoms with Crippen LogP contribution in [0.2, 0.25) is 0 Å². The first-order valence-electron chi connectivity index (χ1n) is 5.70. The Balaban J connectivity index is 3.09. The molecule has 0 aliphatic carbocycles. The van der Waals surface area contributed by atoms with Gasteiger partial charge in [0.2, 0.25) is 5.91 Å². The third kappa shape index (κ3) is 3.30. The number of carbonyl (C=O) groups is 1. The molecule has 18 heavy (non-hydrogen) atoms. The third-order valence-corrected chi connectivity index (χ3v) is 2.46. The Bertz CT molecular complexity index is 443. The monoisotopic (exact) mass is 252 g/mol. The minimum atomic E-state index is -0.894. The summed E-state index contributed by atoms with van der Waals surface area (Å²) in [5.41, 5.74) is 6.88. The largest absolute Gasteiger partial charge is 0.368 e. The van der Waals surface area contributed by atoms with E-state index in [2.05, 4.69) is 20.7 Å². The molecule has 0 bridgehead atoms. The van der Waals surface area contributed by atoms with E-state index in [9.17, 15) is 4.79 Å². The van der Waals surface area contributed by atoms with Crippen LogP contribution in [-0.4, -0.2) is 21.4 Å². The van der Waals surface area contributed by atoms with E-state index < -0.39 is 11.4 Å². The van der Waals surface area contributed by atoms with Crippen molar-refractivity contribution >= 4 is 17.5 Å². The van der Waals surface area contributed by atoms with Crippen molar-refractivity contribution in [2.45, 2.75) is 39.2 Å². The summed E-state index contributed by atoms with van der Waals surface area (Å²) < 4.78 is 0. The average molecular weight is 252 g/mol. The summed E-state index contributed by atoms with van der Waals surface area (Å²) in [5.74, 6) is 6.66. The summed E-state index contributed by atoms with van der Waals surface area (Å²) in [5, 5.41) is 2.97. The second-order valence-corrected chi connectivity index (χ2v) is 4.91. The highest BCUT2D eigenvalue weighted by Crippen LogP contribution is 2.19. The number of aromatic nitrogens is 2. The fourth-order valence-electron chi connectivity index (χ4n) is 1.24. The van der Waals surface area contributed by atoms with Crippen molar-refractivity contribution in [1.82, 2.24) is 9.97 Å². The fourth-order valence-corrected chi connectivity index (χ4v) is 1.24. The minimum absolute atomic E-state index is 0.149. The molecule has 1 aromatic heterocycles. The van der Waals surface area contributed by atoms with Crippen LogP contribution in [0.15, 0.2) is 6.07 Å². The van der Waals surface area contributed by atoms with Crippen LogP contribution >= 0.6 is 0 Å². The molecule has 0 atom stereocenters. The Morgan fingerprint density at radius 2 is 1.89 bits per heavy atom. The van der Waals surface area contributed by atoms with E-state index in [1.807, 2.05) is 13.8 Å². The van der Waals surface area contributed by atoms with Gasteiger partial charge in [-0.3, -0.25) is 4.79 Å². The molecule has 0 saturated carbocycles. The SMILES string of the molecule is CC(C)c1nc(NN)cc(NC(C)(C)C(N)=O)n1. The summed E-state index contributed by atoms with van der Waals surface area (Å²) in [4.78, 5) is 19.8. The number of hydrazine groups is 1. The molecule has 1 aromatic rings. The lowest BCUT2D eigenvalue weighted by Crippen LogP contribution is -2.45. The van der Waals surface area contributed by atoms with Gasteiger partial charge in [0.25, 0.3) is 0 Å². The highest BCUT2D eigenvalue weighted by molar-refractivity contribution is 5.86. The fraction of sp³-hybridized carbons (Fsp3) is 0.545. The van der Waals surface area contributed by atoms with Gasteiger partial charge >= 0.3 is 0 Å². The van der Waals surface area contributed by atoms with Crippen molar-refractivity contribution in [2.24, 2.45) is 11.6 Å². The maximum atomic E-state index is 11.3. The molecule has 7 nitrogen and oxygen atoms in total. The van der Waals surface area contributed by atoms with Crippen molar-refractivity contribution < 1.29 is 4.79 Å². The predicted octanol–water partition coefficient (Wildman–Crippen LogP) is 0.561. The van der Waals surface area contributed by atoms with Crippen LogP contribution in [0, 0.1) is 0 Å². The highest BCUT2D eigenvalue weighted by atomic mass is 16.1. The second kappa shape index (κ2) is 5.18. The average Bonchev–Trinajstić information content (AvgIpc) is 2.27. The number of nitrogens with zero attached hydrogens (tertiary/aromatic N) is 2. The first kappa shape index (κ1) is 14.2. The summed E-state index contributed by atoms with van der Waals surface area (Å²) in [7, 11) is 0. The van der Waals surface area contributed by atoms with Crippen LogP contribution < -0.4 is 22.3 Å². The van der Waals surface area contributed by atoms with Gasteiger partial charge in [-0.15, -0.1) is 0 Å². The zero-order chi connectivity index (χ0) is 13.9. The van der Waals surface area contributed by atoms with Gasteiger partial charge in [-0.1, -0.05) is 13.8 Å². The molecule has 1 amide bonds. The molecule has 0 aliphatic rings. The number of primary amides is 1. The number of nitrogen functional groups attached to an aromatic ring is 1. The summed E-state index contributed by atoms with van der Waals surface area (Å²) in [6.07, 6.45) is 0. The van der Waals surface area contributed by atoms with E-state index in [1.165, 1.54) is 0 Å². The van der Waals surface area contributed by atoms with Gasteiger partial charge in [0.05, 0.1) is 0 Å². The Labute approximate surface area is 106 Å². The van der Waals surface area contributed by atoms with Crippen LogP contribution in [0.25, 0.3) is 0 Å². The molecule has 0 unspecified atom stereocenters. The lowest BCUT2D eigenvalue weighted by Gasteiger charge is -2.23. The summed E-state index contributed by atoms with van der Waals surface area (Å²) in [6, 6.07) is 1.62. The number of nitrogens with two attached hydrogens (primary N) is 2. The molecule has 0 fully saturated rings. The first-order chi connectivity index (χ1) is 8.26. The Morgan fingerprint density at radius 3 is 2.33 bits per heavy atom. The van der Waals surface area contributed by atoms with Crippen molar-refractivity contribution in [3.05, 3.63) is 11.9 Å². The summed E-state index contributed by atoms with van der Waals surface area (Å²) >= 11 is 0. The molecule has 1 heterocycles. The number of amides is 1. The number of anilines is 2. The molecule has 1 rings (SSSR count). The van der Waals surface area contributed by atoms with Crippen molar-refractivity contribution in [3.63, 3.8) is 0 Å². The number of hydrogen-bond donors (Lipinski definition) is 4. The zero-order valence-corrected chi connectivity index (χ0v) is 11.1. The number of nitrogens with one attached hydrogen (secondary N) is 2. The topological polar surface area (TPSA) is 119 Å². The Morgan fingerprint density at radius 1 is 1.33 bits per heavy atom. The van der Waals surface area contributed by atoms with Gasteiger partial charge in [0.15, 0.2) is 0 Å². The normalized spacial score (nSPS) is 11.4. The van der Waals surface area contributed by atoms with E-state index in [0.29, 0.717) is 17.5 Å². The van der Waals surface area contributed by atoms with Crippen LogP contribution in [0.4, 0.5) is 11.6 Å². The van der Waals surface area contributed by atoms with Gasteiger partial charge in [-0.2, -0.15) is 0 Å². The molecule has 0 aromatic carbocycles. The van der Waals surface area contributed by atoms with Crippen LogP contribution in [0.1, 0.15) is 39.4 Å². The van der Waals surface area contributed by atoms with E-state index in [0.717, 1.165) is 0 Å². The van der Waals surface area contributed by atoms with Gasteiger partial charge in [-0.25, -0.2) is 15.8 Å². The van der Waals surface area contributed by atoms with Crippen molar-refractivity contribution in [1.29, 1.82) is 0 Å².